The molecule has 0 atom stereocenters. The number of urea groups is 1. The molecule has 0 unspecified atom stereocenters. The molecule has 11 nitrogen and oxygen atoms in total. The smallest absolute Gasteiger partial charge is 0.412 e. The van der Waals surface area contributed by atoms with E-state index < -0.39 is 11.7 Å². The van der Waals surface area contributed by atoms with Crippen molar-refractivity contribution < 1.29 is 23.9 Å². The Labute approximate surface area is 270 Å². The summed E-state index contributed by atoms with van der Waals surface area (Å²) in [6.45, 7) is 7.45. The number of para-hydroxylation sites is 2. The van der Waals surface area contributed by atoms with E-state index >= 15 is 0 Å². The molecule has 0 aromatic heterocycles. The molecule has 1 saturated heterocycles. The van der Waals surface area contributed by atoms with Crippen LogP contribution < -0.4 is 20.9 Å². The molecule has 46 heavy (non-hydrogen) atoms. The second kappa shape index (κ2) is 15.3. The van der Waals surface area contributed by atoms with Crippen LogP contribution in [0, 0.1) is 0 Å². The third kappa shape index (κ3) is 9.98. The van der Waals surface area contributed by atoms with E-state index in [1.165, 1.54) is 0 Å². The molecular formula is C35H44N6O5. The summed E-state index contributed by atoms with van der Waals surface area (Å²) in [5.74, 6) is -0.190. The number of carbonyl (C=O) groups is 4. The summed E-state index contributed by atoms with van der Waals surface area (Å²) < 4.78 is 5.34. The van der Waals surface area contributed by atoms with E-state index in [9.17, 15) is 19.2 Å². The molecule has 5 amide bonds. The summed E-state index contributed by atoms with van der Waals surface area (Å²) in [4.78, 5) is 56.5. The SMILES string of the molecule is CN(C)c1ccc(NC(=O)N(CCCN2CCCC2=O)Cc2ccc(C(=O)Nc3ccccc3NC(=O)OC(C)(C)C)cc2)cc1. The quantitative estimate of drug-likeness (QED) is 0.226. The van der Waals surface area contributed by atoms with Crippen LogP contribution in [-0.4, -0.2) is 73.1 Å². The van der Waals surface area contributed by atoms with Gasteiger partial charge < -0.3 is 30.1 Å². The van der Waals surface area contributed by atoms with Crippen LogP contribution in [-0.2, 0) is 16.1 Å². The minimum atomic E-state index is -0.662. The predicted molar refractivity (Wildman–Crippen MR) is 181 cm³/mol. The number of rotatable bonds is 11. The Hall–Kier alpha value is -5.06. The molecule has 0 bridgehead atoms. The van der Waals surface area contributed by atoms with E-state index in [1.807, 2.05) is 60.3 Å². The number of likely N-dealkylation sites (tertiary alicyclic amines) is 1. The van der Waals surface area contributed by atoms with Gasteiger partial charge in [-0.3, -0.25) is 14.9 Å². The molecule has 3 N–H and O–H groups in total. The van der Waals surface area contributed by atoms with Crippen molar-refractivity contribution in [2.75, 3.05) is 54.6 Å². The van der Waals surface area contributed by atoms with Gasteiger partial charge in [-0.15, -0.1) is 0 Å². The summed E-state index contributed by atoms with van der Waals surface area (Å²) in [6, 6.07) is 21.3. The molecule has 244 valence electrons. The van der Waals surface area contributed by atoms with E-state index in [1.54, 1.807) is 62.1 Å². The molecule has 1 heterocycles. The van der Waals surface area contributed by atoms with E-state index in [0.29, 0.717) is 55.1 Å². The van der Waals surface area contributed by atoms with Crippen molar-refractivity contribution in [3.05, 3.63) is 83.9 Å². The lowest BCUT2D eigenvalue weighted by Gasteiger charge is -2.25. The van der Waals surface area contributed by atoms with Crippen LogP contribution in [0.1, 0.15) is 56.0 Å². The molecule has 4 rings (SSSR count). The highest BCUT2D eigenvalue weighted by Crippen LogP contribution is 2.23. The van der Waals surface area contributed by atoms with Crippen molar-refractivity contribution in [2.24, 2.45) is 0 Å². The largest absolute Gasteiger partial charge is 0.444 e. The highest BCUT2D eigenvalue weighted by molar-refractivity contribution is 6.06. The number of amides is 5. The van der Waals surface area contributed by atoms with E-state index in [0.717, 1.165) is 24.2 Å². The van der Waals surface area contributed by atoms with Crippen LogP contribution in [0.4, 0.5) is 32.3 Å². The van der Waals surface area contributed by atoms with Crippen molar-refractivity contribution in [3.63, 3.8) is 0 Å². The number of ether oxygens (including phenoxy) is 1. The maximum Gasteiger partial charge on any atom is 0.412 e. The Morgan fingerprint density at radius 1 is 0.870 bits per heavy atom. The molecule has 3 aromatic rings. The lowest BCUT2D eigenvalue weighted by Crippen LogP contribution is -2.37. The maximum absolute atomic E-state index is 13.4. The van der Waals surface area contributed by atoms with Crippen molar-refractivity contribution in [1.29, 1.82) is 0 Å². The standard InChI is InChI=1S/C35H44N6O5/c1-35(2,3)46-34(45)38-30-11-7-6-10-29(30)37-32(43)26-15-13-25(14-16-26)24-41(23-9-22-40-21-8-12-31(40)42)33(44)36-27-17-19-28(20-18-27)39(4)5/h6-7,10-11,13-20H,8-9,12,21-24H2,1-5H3,(H,36,44)(H,37,43)(H,38,45). The number of carbonyl (C=O) groups excluding carboxylic acids is 4. The Kier molecular flexibility index (Phi) is 11.2. The van der Waals surface area contributed by atoms with Gasteiger partial charge in [0.2, 0.25) is 5.91 Å². The molecule has 0 aliphatic carbocycles. The Morgan fingerprint density at radius 3 is 2.11 bits per heavy atom. The first kappa shape index (κ1) is 33.8. The zero-order valence-corrected chi connectivity index (χ0v) is 27.3. The van der Waals surface area contributed by atoms with Crippen LogP contribution >= 0.6 is 0 Å². The second-order valence-electron chi connectivity index (χ2n) is 12.5. The van der Waals surface area contributed by atoms with E-state index in [-0.39, 0.29) is 17.8 Å². The predicted octanol–water partition coefficient (Wildman–Crippen LogP) is 6.40. The lowest BCUT2D eigenvalue weighted by atomic mass is 10.1. The first-order valence-corrected chi connectivity index (χ1v) is 15.5. The molecule has 3 aromatic carbocycles. The van der Waals surface area contributed by atoms with E-state index in [2.05, 4.69) is 16.0 Å². The molecule has 1 fully saturated rings. The number of nitrogens with zero attached hydrogens (tertiary/aromatic N) is 3. The zero-order chi connectivity index (χ0) is 33.3. The summed E-state index contributed by atoms with van der Waals surface area (Å²) in [5.41, 5.74) is 3.15. The van der Waals surface area contributed by atoms with Crippen molar-refractivity contribution in [3.8, 4) is 0 Å². The second-order valence-corrected chi connectivity index (χ2v) is 12.5. The van der Waals surface area contributed by atoms with E-state index in [4.69, 9.17) is 4.74 Å². The Morgan fingerprint density at radius 2 is 1.52 bits per heavy atom. The minimum Gasteiger partial charge on any atom is -0.444 e. The van der Waals surface area contributed by atoms with Crippen LogP contribution in [0.25, 0.3) is 0 Å². The molecule has 1 aliphatic rings. The van der Waals surface area contributed by atoms with Crippen LogP contribution in [0.2, 0.25) is 0 Å². The van der Waals surface area contributed by atoms with Crippen molar-refractivity contribution >= 4 is 46.7 Å². The number of benzene rings is 3. The van der Waals surface area contributed by atoms with Gasteiger partial charge in [0.1, 0.15) is 5.60 Å². The fraction of sp³-hybridized carbons (Fsp3) is 0.371. The van der Waals surface area contributed by atoms with Crippen molar-refractivity contribution in [1.82, 2.24) is 9.80 Å². The van der Waals surface area contributed by atoms with Gasteiger partial charge in [0.05, 0.1) is 11.4 Å². The average Bonchev–Trinajstić information content (AvgIpc) is 3.41. The van der Waals surface area contributed by atoms with Gasteiger partial charge in [-0.2, -0.15) is 0 Å². The van der Waals surface area contributed by atoms with Crippen LogP contribution in [0.15, 0.2) is 72.8 Å². The third-order valence-electron chi connectivity index (χ3n) is 7.35. The number of hydrogen-bond acceptors (Lipinski definition) is 6. The first-order valence-electron chi connectivity index (χ1n) is 15.5. The number of nitrogens with one attached hydrogen (secondary N) is 3. The topological polar surface area (TPSA) is 123 Å². The highest BCUT2D eigenvalue weighted by Gasteiger charge is 2.21. The molecule has 0 spiro atoms. The van der Waals surface area contributed by atoms with Gasteiger partial charge in [0.15, 0.2) is 0 Å². The van der Waals surface area contributed by atoms with Crippen molar-refractivity contribution in [2.45, 2.75) is 52.2 Å². The van der Waals surface area contributed by atoms with Gasteiger partial charge in [-0.25, -0.2) is 9.59 Å². The van der Waals surface area contributed by atoms with Gasteiger partial charge in [-0.1, -0.05) is 24.3 Å². The van der Waals surface area contributed by atoms with Gasteiger partial charge in [0.25, 0.3) is 5.91 Å². The average molecular weight is 629 g/mol. The summed E-state index contributed by atoms with van der Waals surface area (Å²) in [6.07, 6.45) is 1.48. The van der Waals surface area contributed by atoms with Gasteiger partial charge in [0, 0.05) is 63.6 Å². The monoisotopic (exact) mass is 628 g/mol. The summed E-state index contributed by atoms with van der Waals surface area (Å²) in [5, 5.41) is 8.52. The maximum atomic E-state index is 13.4. The Balaban J connectivity index is 1.41. The molecule has 0 radical (unpaired) electrons. The highest BCUT2D eigenvalue weighted by atomic mass is 16.6. The Bertz CT molecular complexity index is 1520. The lowest BCUT2D eigenvalue weighted by molar-refractivity contribution is -0.127. The third-order valence-corrected chi connectivity index (χ3v) is 7.35. The molecule has 0 saturated carbocycles. The molecular weight excluding hydrogens is 584 g/mol. The first-order chi connectivity index (χ1) is 21.9. The minimum absolute atomic E-state index is 0.161. The zero-order valence-electron chi connectivity index (χ0n) is 27.3. The van der Waals surface area contributed by atoms with Gasteiger partial charge >= 0.3 is 12.1 Å². The fourth-order valence-electron chi connectivity index (χ4n) is 4.98. The summed E-state index contributed by atoms with van der Waals surface area (Å²) >= 11 is 0. The molecule has 1 aliphatic heterocycles. The molecule has 11 heteroatoms. The van der Waals surface area contributed by atoms with Gasteiger partial charge in [-0.05, 0) is 87.7 Å². The summed E-state index contributed by atoms with van der Waals surface area (Å²) in [7, 11) is 3.91. The van der Waals surface area contributed by atoms with Crippen LogP contribution in [0.3, 0.4) is 0 Å². The fourth-order valence-corrected chi connectivity index (χ4v) is 4.98. The van der Waals surface area contributed by atoms with Crippen LogP contribution in [0.5, 0.6) is 0 Å². The normalized spacial score (nSPS) is 12.8. The number of hydrogen-bond donors (Lipinski definition) is 3. The number of anilines is 4.